The number of benzene rings is 1. The number of carbonyl (C=O) groups excluding carboxylic acids is 1. The second-order valence-corrected chi connectivity index (χ2v) is 8.01. The van der Waals surface area contributed by atoms with Crippen molar-refractivity contribution in [2.45, 2.75) is 33.7 Å². The molecule has 0 unspecified atom stereocenters. The van der Waals surface area contributed by atoms with Crippen LogP contribution in [0.25, 0.3) is 6.08 Å². The van der Waals surface area contributed by atoms with E-state index in [2.05, 4.69) is 29.4 Å². The highest BCUT2D eigenvalue weighted by molar-refractivity contribution is 6.02. The second kappa shape index (κ2) is 9.04. The van der Waals surface area contributed by atoms with E-state index in [1.165, 1.54) is 12.1 Å². The van der Waals surface area contributed by atoms with Crippen LogP contribution in [0.2, 0.25) is 0 Å². The zero-order chi connectivity index (χ0) is 22.7. The molecule has 3 rings (SSSR count). The third-order valence-electron chi connectivity index (χ3n) is 5.68. The molecule has 1 aromatic heterocycles. The van der Waals surface area contributed by atoms with Gasteiger partial charge >= 0.3 is 0 Å². The van der Waals surface area contributed by atoms with Gasteiger partial charge in [0.1, 0.15) is 11.6 Å². The molecule has 2 aromatic rings. The van der Waals surface area contributed by atoms with E-state index in [0.29, 0.717) is 32.2 Å². The van der Waals surface area contributed by atoms with Crippen LogP contribution in [0.5, 0.6) is 0 Å². The van der Waals surface area contributed by atoms with Crippen LogP contribution < -0.4 is 4.90 Å². The first-order valence-electron chi connectivity index (χ1n) is 10.3. The molecule has 31 heavy (non-hydrogen) atoms. The molecule has 0 atom stereocenters. The van der Waals surface area contributed by atoms with E-state index in [1.807, 2.05) is 19.9 Å². The second-order valence-electron chi connectivity index (χ2n) is 8.01. The van der Waals surface area contributed by atoms with Gasteiger partial charge in [-0.25, -0.2) is 0 Å². The van der Waals surface area contributed by atoms with Crippen molar-refractivity contribution in [1.29, 1.82) is 5.26 Å². The van der Waals surface area contributed by atoms with E-state index in [1.54, 1.807) is 23.1 Å². The summed E-state index contributed by atoms with van der Waals surface area (Å²) >= 11 is 0. The molecule has 162 valence electrons. The van der Waals surface area contributed by atoms with Crippen molar-refractivity contribution in [3.63, 3.8) is 0 Å². The largest absolute Gasteiger partial charge is 0.368 e. The fourth-order valence-corrected chi connectivity index (χ4v) is 4.16. The molecule has 1 fully saturated rings. The van der Waals surface area contributed by atoms with Crippen LogP contribution in [0.1, 0.15) is 36.8 Å². The van der Waals surface area contributed by atoms with Crippen molar-refractivity contribution in [2.75, 3.05) is 31.1 Å². The van der Waals surface area contributed by atoms with E-state index in [9.17, 15) is 20.2 Å². The summed E-state index contributed by atoms with van der Waals surface area (Å²) in [6.45, 7) is 10.4. The average molecular weight is 422 g/mol. The molecular formula is C23H27N5O3. The number of aryl methyl sites for hydroxylation is 1. The molecule has 8 nitrogen and oxygen atoms in total. The minimum Gasteiger partial charge on any atom is -0.368 e. The minimum atomic E-state index is -0.422. The maximum Gasteiger partial charge on any atom is 0.269 e. The van der Waals surface area contributed by atoms with Gasteiger partial charge in [0.05, 0.1) is 4.92 Å². The number of hydrogen-bond acceptors (Lipinski definition) is 5. The van der Waals surface area contributed by atoms with Crippen molar-refractivity contribution in [1.82, 2.24) is 9.47 Å². The number of nitrogens with zero attached hydrogens (tertiary/aromatic N) is 5. The van der Waals surface area contributed by atoms with Crippen molar-refractivity contribution < 1.29 is 9.72 Å². The fourth-order valence-electron chi connectivity index (χ4n) is 4.16. The molecule has 1 aromatic carbocycles. The van der Waals surface area contributed by atoms with E-state index in [-0.39, 0.29) is 17.2 Å². The average Bonchev–Trinajstić information content (AvgIpc) is 3.04. The minimum absolute atomic E-state index is 0.0539. The van der Waals surface area contributed by atoms with Gasteiger partial charge in [0.25, 0.3) is 11.6 Å². The smallest absolute Gasteiger partial charge is 0.269 e. The lowest BCUT2D eigenvalue weighted by atomic mass is 10.1. The number of anilines is 1. The van der Waals surface area contributed by atoms with Gasteiger partial charge in [-0.1, -0.05) is 0 Å². The normalized spacial score (nSPS) is 14.6. The highest BCUT2D eigenvalue weighted by Crippen LogP contribution is 2.24. The Balaban J connectivity index is 1.70. The van der Waals surface area contributed by atoms with Crippen molar-refractivity contribution in [2.24, 2.45) is 0 Å². The summed E-state index contributed by atoms with van der Waals surface area (Å²) in [5.74, 6) is -0.264. The quantitative estimate of drug-likeness (QED) is 0.316. The summed E-state index contributed by atoms with van der Waals surface area (Å²) in [5.41, 5.74) is 4.10. The number of nitro benzene ring substituents is 1. The molecule has 0 aliphatic carbocycles. The van der Waals surface area contributed by atoms with Crippen molar-refractivity contribution >= 4 is 23.4 Å². The monoisotopic (exact) mass is 421 g/mol. The molecule has 0 spiro atoms. The standard InChI is InChI=1S/C23H27N5O3/c1-16(2)27-17(3)13-19(18(27)4)14-20(15-24)23(29)26-11-9-25(10-12-26)21-5-7-22(8-6-21)28(30)31/h5-8,13-14,16H,9-12H2,1-4H3/b20-14+. The topological polar surface area (TPSA) is 95.4 Å². The molecule has 1 aliphatic rings. The van der Waals surface area contributed by atoms with Crippen LogP contribution >= 0.6 is 0 Å². The summed E-state index contributed by atoms with van der Waals surface area (Å²) in [5, 5.41) is 20.4. The Kier molecular flexibility index (Phi) is 6.44. The van der Waals surface area contributed by atoms with Gasteiger partial charge in [-0.3, -0.25) is 14.9 Å². The Morgan fingerprint density at radius 2 is 1.77 bits per heavy atom. The first-order chi connectivity index (χ1) is 14.7. The molecule has 0 bridgehead atoms. The summed E-state index contributed by atoms with van der Waals surface area (Å²) in [6.07, 6.45) is 1.69. The van der Waals surface area contributed by atoms with Gasteiger partial charge in [0.15, 0.2) is 0 Å². The lowest BCUT2D eigenvalue weighted by Gasteiger charge is -2.36. The SMILES string of the molecule is Cc1cc(/C=C(\C#N)C(=O)N2CCN(c3ccc([N+](=O)[O-])cc3)CC2)c(C)n1C(C)C. The van der Waals surface area contributed by atoms with Gasteiger partial charge in [-0.15, -0.1) is 0 Å². The van der Waals surface area contributed by atoms with Crippen molar-refractivity contribution in [3.8, 4) is 6.07 Å². The number of piperazine rings is 1. The maximum atomic E-state index is 13.0. The summed E-state index contributed by atoms with van der Waals surface area (Å²) in [4.78, 5) is 27.1. The van der Waals surface area contributed by atoms with Crippen LogP contribution in [-0.2, 0) is 4.79 Å². The number of carbonyl (C=O) groups is 1. The van der Waals surface area contributed by atoms with Crippen LogP contribution in [-0.4, -0.2) is 46.5 Å². The molecule has 2 heterocycles. The molecule has 1 amide bonds. The number of aromatic nitrogens is 1. The highest BCUT2D eigenvalue weighted by atomic mass is 16.6. The van der Waals surface area contributed by atoms with Gasteiger partial charge in [0.2, 0.25) is 0 Å². The van der Waals surface area contributed by atoms with E-state index >= 15 is 0 Å². The zero-order valence-electron chi connectivity index (χ0n) is 18.3. The Morgan fingerprint density at radius 3 is 2.26 bits per heavy atom. The number of amides is 1. The van der Waals surface area contributed by atoms with Gasteiger partial charge < -0.3 is 14.4 Å². The zero-order valence-corrected chi connectivity index (χ0v) is 18.3. The predicted octanol–water partition coefficient (Wildman–Crippen LogP) is 3.85. The number of rotatable bonds is 5. The number of hydrogen-bond donors (Lipinski definition) is 0. The molecule has 1 aliphatic heterocycles. The molecule has 8 heteroatoms. The molecule has 0 N–H and O–H groups in total. The highest BCUT2D eigenvalue weighted by Gasteiger charge is 2.24. The Bertz CT molecular complexity index is 1050. The van der Waals surface area contributed by atoms with Crippen LogP contribution in [0.15, 0.2) is 35.9 Å². The van der Waals surface area contributed by atoms with Gasteiger partial charge in [-0.2, -0.15) is 5.26 Å². The van der Waals surface area contributed by atoms with Crippen LogP contribution in [0.4, 0.5) is 11.4 Å². The molecular weight excluding hydrogens is 394 g/mol. The molecule has 0 radical (unpaired) electrons. The third-order valence-corrected chi connectivity index (χ3v) is 5.68. The lowest BCUT2D eigenvalue weighted by molar-refractivity contribution is -0.384. The first kappa shape index (κ1) is 22.1. The molecule has 1 saturated heterocycles. The van der Waals surface area contributed by atoms with Gasteiger partial charge in [0, 0.05) is 61.4 Å². The third kappa shape index (κ3) is 4.61. The Hall–Kier alpha value is -3.60. The predicted molar refractivity (Wildman–Crippen MR) is 120 cm³/mol. The fraction of sp³-hybridized carbons (Fsp3) is 0.391. The lowest BCUT2D eigenvalue weighted by Crippen LogP contribution is -2.49. The van der Waals surface area contributed by atoms with Crippen LogP contribution in [0.3, 0.4) is 0 Å². The Morgan fingerprint density at radius 1 is 1.16 bits per heavy atom. The van der Waals surface area contributed by atoms with E-state index in [0.717, 1.165) is 22.6 Å². The Labute approximate surface area is 182 Å². The number of non-ortho nitro benzene ring substituents is 1. The number of nitriles is 1. The van der Waals surface area contributed by atoms with Crippen molar-refractivity contribution in [3.05, 3.63) is 63.0 Å². The summed E-state index contributed by atoms with van der Waals surface area (Å²) < 4.78 is 2.19. The summed E-state index contributed by atoms with van der Waals surface area (Å²) in [6, 6.07) is 10.8. The van der Waals surface area contributed by atoms with E-state index in [4.69, 9.17) is 0 Å². The summed E-state index contributed by atoms with van der Waals surface area (Å²) in [7, 11) is 0. The van der Waals surface area contributed by atoms with Crippen LogP contribution in [0, 0.1) is 35.3 Å². The first-order valence-corrected chi connectivity index (χ1v) is 10.3. The number of nitro groups is 1. The maximum absolute atomic E-state index is 13.0. The molecule has 0 saturated carbocycles. The van der Waals surface area contributed by atoms with E-state index < -0.39 is 4.92 Å². The van der Waals surface area contributed by atoms with Gasteiger partial charge in [-0.05, 0) is 57.5 Å².